The van der Waals surface area contributed by atoms with Gasteiger partial charge in [-0.1, -0.05) is 18.2 Å². The molecule has 2 heteroatoms. The van der Waals surface area contributed by atoms with Gasteiger partial charge in [-0.2, -0.15) is 4.99 Å². The summed E-state index contributed by atoms with van der Waals surface area (Å²) in [4.78, 5) is 3.84. The van der Waals surface area contributed by atoms with Crippen LogP contribution in [-0.4, -0.2) is 5.16 Å². The summed E-state index contributed by atoms with van der Waals surface area (Å²) in [6.07, 6.45) is 9.50. The minimum absolute atomic E-state index is 0.820. The first-order valence-corrected chi connectivity index (χ1v) is 3.79. The van der Waals surface area contributed by atoms with Crippen LogP contribution < -0.4 is 0 Å². The van der Waals surface area contributed by atoms with Crippen molar-refractivity contribution in [3.63, 3.8) is 0 Å². The second-order valence-corrected chi connectivity index (χ2v) is 2.00. The van der Waals surface area contributed by atoms with Gasteiger partial charge in [0.2, 0.25) is 0 Å². The van der Waals surface area contributed by atoms with Crippen LogP contribution in [0.1, 0.15) is 13.8 Å². The molecule has 0 aliphatic rings. The van der Waals surface area contributed by atoms with E-state index < -0.39 is 0 Å². The van der Waals surface area contributed by atoms with Gasteiger partial charge in [0, 0.05) is 0 Å². The molecule has 0 amide bonds. The number of hydrogen-bond donors (Lipinski definition) is 0. The van der Waals surface area contributed by atoms with E-state index in [2.05, 4.69) is 22.4 Å². The minimum Gasteiger partial charge on any atom is -0.195 e. The molecule has 0 aromatic rings. The molecule has 0 unspecified atom stereocenters. The predicted molar refractivity (Wildman–Crippen MR) is 52.7 cm³/mol. The quantitative estimate of drug-likeness (QED) is 0.355. The van der Waals surface area contributed by atoms with Gasteiger partial charge in [0.1, 0.15) is 0 Å². The van der Waals surface area contributed by atoms with E-state index in [4.69, 9.17) is 0 Å². The van der Waals surface area contributed by atoms with Crippen LogP contribution in [0.2, 0.25) is 0 Å². The molecule has 0 N–H and O–H groups in total. The fourth-order valence-corrected chi connectivity index (χ4v) is 0.654. The lowest BCUT2D eigenvalue weighted by molar-refractivity contribution is 1.42. The van der Waals surface area contributed by atoms with Gasteiger partial charge in [-0.3, -0.25) is 0 Å². The summed E-state index contributed by atoms with van der Waals surface area (Å²) < 4.78 is 0. The zero-order valence-corrected chi connectivity index (χ0v) is 7.56. The van der Waals surface area contributed by atoms with Gasteiger partial charge in [-0.05, 0) is 38.2 Å². The SMILES string of the molecule is C\C=C/C=C(\C=C/C)N=C=S. The Kier molecular flexibility index (Phi) is 6.50. The van der Waals surface area contributed by atoms with Crippen molar-refractivity contribution in [3.05, 3.63) is 36.1 Å². The molecule has 0 saturated carbocycles. The first kappa shape index (κ1) is 10.0. The number of hydrogen-bond acceptors (Lipinski definition) is 2. The molecule has 0 radical (unpaired) electrons. The summed E-state index contributed by atoms with van der Waals surface area (Å²) in [5, 5.41) is 2.32. The minimum atomic E-state index is 0.820. The number of nitrogens with zero attached hydrogens (tertiary/aromatic N) is 1. The van der Waals surface area contributed by atoms with Crippen LogP contribution in [0.15, 0.2) is 41.1 Å². The van der Waals surface area contributed by atoms with Crippen LogP contribution in [0, 0.1) is 0 Å². The highest BCUT2D eigenvalue weighted by atomic mass is 32.1. The van der Waals surface area contributed by atoms with E-state index in [1.54, 1.807) is 0 Å². The van der Waals surface area contributed by atoms with Gasteiger partial charge in [0.05, 0.1) is 10.9 Å². The molecule has 58 valence electrons. The molecule has 0 heterocycles. The van der Waals surface area contributed by atoms with Gasteiger partial charge < -0.3 is 0 Å². The molecule has 0 aliphatic carbocycles. The maximum atomic E-state index is 4.48. The Morgan fingerprint density at radius 1 is 1.36 bits per heavy atom. The van der Waals surface area contributed by atoms with Crippen LogP contribution >= 0.6 is 12.2 Å². The lowest BCUT2D eigenvalue weighted by atomic mass is 10.3. The van der Waals surface area contributed by atoms with Crippen molar-refractivity contribution >= 4 is 17.4 Å². The van der Waals surface area contributed by atoms with Gasteiger partial charge in [-0.25, -0.2) is 0 Å². The highest BCUT2D eigenvalue weighted by molar-refractivity contribution is 7.78. The standard InChI is InChI=1S/C9H11NS/c1-3-5-7-9(6-4-2)10-8-11/h3-7H,1-2H3/b5-3-,6-4-,9-7+. The van der Waals surface area contributed by atoms with Crippen molar-refractivity contribution in [2.45, 2.75) is 13.8 Å². The van der Waals surface area contributed by atoms with Crippen LogP contribution in [-0.2, 0) is 0 Å². The Hall–Kier alpha value is -0.980. The average Bonchev–Trinajstić information content (AvgIpc) is 2.01. The summed E-state index contributed by atoms with van der Waals surface area (Å²) in [5.41, 5.74) is 0.820. The summed E-state index contributed by atoms with van der Waals surface area (Å²) in [7, 11) is 0. The third-order valence-electron chi connectivity index (χ3n) is 0.972. The van der Waals surface area contributed by atoms with Gasteiger partial charge >= 0.3 is 0 Å². The third kappa shape index (κ3) is 5.46. The van der Waals surface area contributed by atoms with Crippen molar-refractivity contribution in [2.24, 2.45) is 4.99 Å². The molecule has 0 spiro atoms. The number of allylic oxidation sites excluding steroid dienone is 5. The lowest BCUT2D eigenvalue weighted by Crippen LogP contribution is -1.67. The smallest absolute Gasteiger partial charge is 0.0736 e. The fourth-order valence-electron chi connectivity index (χ4n) is 0.548. The van der Waals surface area contributed by atoms with Crippen molar-refractivity contribution in [1.29, 1.82) is 0 Å². The topological polar surface area (TPSA) is 12.4 Å². The molecule has 0 saturated heterocycles. The second-order valence-electron chi connectivity index (χ2n) is 1.82. The number of rotatable bonds is 3. The largest absolute Gasteiger partial charge is 0.195 e. The Bertz CT molecular complexity index is 230. The molecule has 11 heavy (non-hydrogen) atoms. The molecule has 0 aliphatic heterocycles. The number of aliphatic imine (C=N–C) groups is 1. The Balaban J connectivity index is 4.44. The lowest BCUT2D eigenvalue weighted by Gasteiger charge is -1.85. The molecule has 0 rings (SSSR count). The number of thiocarbonyl (C=S) groups is 1. The Morgan fingerprint density at radius 2 is 2.09 bits per heavy atom. The van der Waals surface area contributed by atoms with Gasteiger partial charge in [0.15, 0.2) is 0 Å². The summed E-state index contributed by atoms with van der Waals surface area (Å²) >= 11 is 4.48. The van der Waals surface area contributed by atoms with Gasteiger partial charge in [0.25, 0.3) is 0 Å². The highest BCUT2D eigenvalue weighted by Crippen LogP contribution is 1.97. The normalized spacial score (nSPS) is 12.4. The molecule has 0 fully saturated rings. The Labute approximate surface area is 72.8 Å². The van der Waals surface area contributed by atoms with Gasteiger partial charge in [-0.15, -0.1) is 0 Å². The van der Waals surface area contributed by atoms with E-state index in [1.165, 1.54) is 0 Å². The summed E-state index contributed by atoms with van der Waals surface area (Å²) in [5.74, 6) is 0. The van der Waals surface area contributed by atoms with Crippen molar-refractivity contribution < 1.29 is 0 Å². The maximum absolute atomic E-state index is 4.48. The van der Waals surface area contributed by atoms with Crippen molar-refractivity contribution in [3.8, 4) is 0 Å². The van der Waals surface area contributed by atoms with Crippen LogP contribution in [0.5, 0.6) is 0 Å². The maximum Gasteiger partial charge on any atom is 0.0736 e. The van der Waals surface area contributed by atoms with E-state index in [0.29, 0.717) is 0 Å². The van der Waals surface area contributed by atoms with E-state index in [-0.39, 0.29) is 0 Å². The van der Waals surface area contributed by atoms with Crippen LogP contribution in [0.4, 0.5) is 0 Å². The molecule has 0 atom stereocenters. The zero-order chi connectivity index (χ0) is 8.53. The third-order valence-corrected chi connectivity index (χ3v) is 1.06. The Morgan fingerprint density at radius 3 is 2.55 bits per heavy atom. The summed E-state index contributed by atoms with van der Waals surface area (Å²) in [6, 6.07) is 0. The molecule has 1 nitrogen and oxygen atoms in total. The zero-order valence-electron chi connectivity index (χ0n) is 6.74. The molecule has 0 bridgehead atoms. The number of isothiocyanates is 1. The van der Waals surface area contributed by atoms with E-state index in [1.807, 2.05) is 44.2 Å². The summed E-state index contributed by atoms with van der Waals surface area (Å²) in [6.45, 7) is 3.88. The predicted octanol–water partition coefficient (Wildman–Crippen LogP) is 3.13. The van der Waals surface area contributed by atoms with E-state index in [9.17, 15) is 0 Å². The molecule has 0 aromatic heterocycles. The van der Waals surface area contributed by atoms with E-state index in [0.717, 1.165) is 5.70 Å². The van der Waals surface area contributed by atoms with Crippen LogP contribution in [0.25, 0.3) is 0 Å². The fraction of sp³-hybridized carbons (Fsp3) is 0.222. The van der Waals surface area contributed by atoms with E-state index >= 15 is 0 Å². The van der Waals surface area contributed by atoms with Crippen molar-refractivity contribution in [1.82, 2.24) is 0 Å². The first-order valence-electron chi connectivity index (χ1n) is 3.38. The average molecular weight is 165 g/mol. The second kappa shape index (κ2) is 7.13. The molecular weight excluding hydrogens is 154 g/mol. The van der Waals surface area contributed by atoms with Crippen LogP contribution in [0.3, 0.4) is 0 Å². The highest BCUT2D eigenvalue weighted by Gasteiger charge is 1.80. The van der Waals surface area contributed by atoms with Crippen molar-refractivity contribution in [2.75, 3.05) is 0 Å². The first-order chi connectivity index (χ1) is 5.35. The molecular formula is C9H11NS. The monoisotopic (exact) mass is 165 g/mol. The molecule has 0 aromatic carbocycles.